The molecule has 4 saturated carbocycles. The van der Waals surface area contributed by atoms with Gasteiger partial charge in [-0.25, -0.2) is 0 Å². The minimum Gasteiger partial charge on any atom is -0.393 e. The smallest absolute Gasteiger partial charge is 0.169 e. The van der Waals surface area contributed by atoms with Crippen molar-refractivity contribution in [2.75, 3.05) is 18.5 Å². The number of nitrogens with one attached hydrogen (secondary N) is 1. The summed E-state index contributed by atoms with van der Waals surface area (Å²) in [4.78, 5) is 0. The maximum absolute atomic E-state index is 11.2. The summed E-state index contributed by atoms with van der Waals surface area (Å²) >= 11 is 0. The molecule has 4 heteroatoms. The van der Waals surface area contributed by atoms with Crippen LogP contribution in [0.1, 0.15) is 121 Å². The van der Waals surface area contributed by atoms with E-state index in [0.717, 1.165) is 50.9 Å². The summed E-state index contributed by atoms with van der Waals surface area (Å²) in [6, 6.07) is 17.5. The molecule has 0 aromatic heterocycles. The van der Waals surface area contributed by atoms with Crippen LogP contribution in [0.2, 0.25) is 0 Å². The largest absolute Gasteiger partial charge is 0.393 e. The Hall–Kier alpha value is -3.10. The predicted octanol–water partition coefficient (Wildman–Crippen LogP) is 10.6. The molecule has 5 fully saturated rings. The molecule has 50 heavy (non-hydrogen) atoms. The van der Waals surface area contributed by atoms with Crippen LogP contribution in [-0.4, -0.2) is 30.2 Å². The van der Waals surface area contributed by atoms with E-state index in [1.165, 1.54) is 54.6 Å². The van der Waals surface area contributed by atoms with Gasteiger partial charge in [0.1, 0.15) is 0 Å². The van der Waals surface area contributed by atoms with Crippen molar-refractivity contribution >= 4 is 5.69 Å². The van der Waals surface area contributed by atoms with Crippen LogP contribution in [0.3, 0.4) is 0 Å². The summed E-state index contributed by atoms with van der Waals surface area (Å²) in [7, 11) is 0. The molecule has 266 valence electrons. The minimum atomic E-state index is -0.384. The molecule has 0 amide bonds. The van der Waals surface area contributed by atoms with Crippen molar-refractivity contribution in [3.63, 3.8) is 0 Å². The Balaban J connectivity index is 0.000000253. The number of fused-ring (bicyclic) bond motifs is 4. The van der Waals surface area contributed by atoms with Gasteiger partial charge in [0, 0.05) is 47.5 Å². The van der Waals surface area contributed by atoms with Gasteiger partial charge in [-0.1, -0.05) is 85.2 Å². The van der Waals surface area contributed by atoms with E-state index in [1.54, 1.807) is 16.7 Å². The van der Waals surface area contributed by atoms with E-state index in [1.807, 2.05) is 6.08 Å². The van der Waals surface area contributed by atoms with Gasteiger partial charge in [0.15, 0.2) is 5.79 Å². The molecule has 6 aliphatic rings. The van der Waals surface area contributed by atoms with Crippen LogP contribution >= 0.6 is 0 Å². The van der Waals surface area contributed by atoms with Gasteiger partial charge in [-0.3, -0.25) is 0 Å². The van der Waals surface area contributed by atoms with Gasteiger partial charge >= 0.3 is 0 Å². The summed E-state index contributed by atoms with van der Waals surface area (Å²) in [5.74, 6) is 8.20. The highest BCUT2D eigenvalue weighted by atomic mass is 16.7. The Morgan fingerprint density at radius 3 is 2.34 bits per heavy atom. The van der Waals surface area contributed by atoms with E-state index in [0.29, 0.717) is 30.1 Å². The molecule has 6 unspecified atom stereocenters. The second kappa shape index (κ2) is 14.1. The third kappa shape index (κ3) is 7.30. The molecule has 8 rings (SSSR count). The van der Waals surface area contributed by atoms with Crippen LogP contribution in [0.15, 0.2) is 83.6 Å². The van der Waals surface area contributed by atoms with Gasteiger partial charge in [0.25, 0.3) is 0 Å². The quantitative estimate of drug-likeness (QED) is 0.251. The first-order valence-electron chi connectivity index (χ1n) is 19.4. The van der Waals surface area contributed by atoms with Crippen molar-refractivity contribution in [1.29, 1.82) is 0 Å². The Morgan fingerprint density at radius 2 is 1.66 bits per heavy atom. The van der Waals surface area contributed by atoms with Gasteiger partial charge < -0.3 is 19.9 Å². The molecule has 0 bridgehead atoms. The van der Waals surface area contributed by atoms with E-state index in [2.05, 4.69) is 107 Å². The van der Waals surface area contributed by atoms with E-state index in [9.17, 15) is 5.11 Å². The van der Waals surface area contributed by atoms with Crippen LogP contribution in [0, 0.1) is 47.3 Å². The van der Waals surface area contributed by atoms with Crippen molar-refractivity contribution in [3.8, 4) is 11.8 Å². The molecule has 2 N–H and O–H groups in total. The second-order valence-electron chi connectivity index (χ2n) is 17.3. The number of benzene rings is 2. The fraction of sp³-hybridized carbons (Fsp3) is 0.565. The van der Waals surface area contributed by atoms with Crippen molar-refractivity contribution < 1.29 is 14.6 Å². The number of ether oxygens (including phenoxy) is 2. The lowest BCUT2D eigenvalue weighted by molar-refractivity contribution is -0.312. The molecule has 1 saturated heterocycles. The van der Waals surface area contributed by atoms with E-state index < -0.39 is 0 Å². The lowest BCUT2D eigenvalue weighted by Crippen LogP contribution is -2.52. The number of aliphatic hydroxyl groups is 1. The van der Waals surface area contributed by atoms with Crippen molar-refractivity contribution in [2.24, 2.45) is 28.6 Å². The summed E-state index contributed by atoms with van der Waals surface area (Å²) in [6.45, 7) is 16.5. The highest BCUT2D eigenvalue weighted by molar-refractivity contribution is 5.50. The second-order valence-corrected chi connectivity index (χ2v) is 17.3. The monoisotopic (exact) mass is 673 g/mol. The number of hydrogen-bond acceptors (Lipinski definition) is 4. The molecule has 1 spiro atoms. The number of rotatable bonds is 4. The lowest BCUT2D eigenvalue weighted by atomic mass is 9.52. The van der Waals surface area contributed by atoms with E-state index in [4.69, 9.17) is 9.47 Å². The summed E-state index contributed by atoms with van der Waals surface area (Å²) < 4.78 is 12.9. The minimum absolute atomic E-state index is 0.00569. The highest BCUT2D eigenvalue weighted by Gasteiger charge is 2.57. The van der Waals surface area contributed by atoms with Crippen LogP contribution in [-0.2, 0) is 9.47 Å². The summed E-state index contributed by atoms with van der Waals surface area (Å²) in [5.41, 5.74) is 11.4. The van der Waals surface area contributed by atoms with E-state index in [-0.39, 0.29) is 22.7 Å². The molecule has 6 atom stereocenters. The van der Waals surface area contributed by atoms with Gasteiger partial charge in [-0.05, 0) is 118 Å². The zero-order valence-electron chi connectivity index (χ0n) is 31.2. The zero-order chi connectivity index (χ0) is 35.1. The van der Waals surface area contributed by atoms with Crippen molar-refractivity contribution in [1.82, 2.24) is 0 Å². The number of hydrogen-bond donors (Lipinski definition) is 2. The van der Waals surface area contributed by atoms with Crippen LogP contribution in [0.5, 0.6) is 0 Å². The van der Waals surface area contributed by atoms with Crippen LogP contribution < -0.4 is 5.32 Å². The van der Waals surface area contributed by atoms with Crippen LogP contribution in [0.4, 0.5) is 5.69 Å². The first kappa shape index (κ1) is 35.3. The van der Waals surface area contributed by atoms with Gasteiger partial charge in [0.2, 0.25) is 0 Å². The van der Waals surface area contributed by atoms with Crippen molar-refractivity contribution in [3.05, 3.63) is 100 Å². The molecule has 1 aliphatic heterocycles. The molecule has 0 radical (unpaired) electrons. The Kier molecular flexibility index (Phi) is 9.98. The Morgan fingerprint density at radius 1 is 0.940 bits per heavy atom. The fourth-order valence-corrected chi connectivity index (χ4v) is 9.90. The van der Waals surface area contributed by atoms with Crippen LogP contribution in [0.25, 0.3) is 0 Å². The number of aryl methyl sites for hydroxylation is 1. The molecule has 2 aromatic carbocycles. The van der Waals surface area contributed by atoms with Gasteiger partial charge in [0.05, 0.1) is 19.3 Å². The Bertz CT molecular complexity index is 1670. The van der Waals surface area contributed by atoms with E-state index >= 15 is 0 Å². The summed E-state index contributed by atoms with van der Waals surface area (Å²) in [5, 5.41) is 14.6. The molecular formula is C46H59NO3. The maximum atomic E-state index is 11.2. The number of aliphatic hydroxyl groups excluding tert-OH is 1. The molecule has 4 nitrogen and oxygen atoms in total. The normalized spacial score (nSPS) is 31.6. The first-order chi connectivity index (χ1) is 24.0. The Labute approximate surface area is 301 Å². The first-order valence-corrected chi connectivity index (χ1v) is 19.4. The average Bonchev–Trinajstić information content (AvgIpc) is 3.92. The highest BCUT2D eigenvalue weighted by Crippen LogP contribution is 2.65. The topological polar surface area (TPSA) is 50.7 Å². The lowest BCUT2D eigenvalue weighted by Gasteiger charge is -2.55. The standard InChI is InChI=1S/C34H44O3.C12H15N/c1-5-6-7-8-23-9-11-24(12-10-23)28-20-33(4)29(15-16-30(33)35)27-14-13-25-19-34(18-17-26(25)31(27)28)36-21-32(2,3)22-37-34;1-9-3-7-12(8-4-9)13-10(2)11-5-6-11/h5,9-12,25,27-30,35H,1,6,13-22H2,2-4H3;3-4,7-8,13H,5-6H2,1-2H3. The van der Waals surface area contributed by atoms with Crippen molar-refractivity contribution in [2.45, 2.75) is 123 Å². The molecule has 5 aliphatic carbocycles. The number of allylic oxidation sites excluding steroid dienone is 5. The van der Waals surface area contributed by atoms with Gasteiger partial charge in [-0.15, -0.1) is 6.58 Å². The molecule has 1 heterocycles. The predicted molar refractivity (Wildman–Crippen MR) is 205 cm³/mol. The maximum Gasteiger partial charge on any atom is 0.169 e. The number of anilines is 1. The molecular weight excluding hydrogens is 615 g/mol. The third-order valence-electron chi connectivity index (χ3n) is 12.9. The SMILES string of the molecule is C=CCC#Cc1ccc(C2CC3(C)C(O)CCC3C3CCC4CC5(CCC4=C23)OCC(C)(C)CO5)cc1.CC(Nc1ccc(C)cc1)=C1CC1. The summed E-state index contributed by atoms with van der Waals surface area (Å²) in [6.07, 6.45) is 13.6. The third-order valence-corrected chi connectivity index (χ3v) is 12.9. The molecule has 2 aromatic rings. The average molecular weight is 674 g/mol. The zero-order valence-corrected chi connectivity index (χ0v) is 31.2. The fourth-order valence-electron chi connectivity index (χ4n) is 9.90. The van der Waals surface area contributed by atoms with Gasteiger partial charge in [-0.2, -0.15) is 0 Å².